The van der Waals surface area contributed by atoms with Crippen molar-refractivity contribution in [3.63, 3.8) is 0 Å². The first kappa shape index (κ1) is 39.2. The number of hydrogen-bond acceptors (Lipinski definition) is 7. The van der Waals surface area contributed by atoms with Crippen LogP contribution in [-0.4, -0.2) is 29.9 Å². The Hall–Kier alpha value is -9.20. The van der Waals surface area contributed by atoms with Crippen LogP contribution in [0.3, 0.4) is 0 Å². The van der Waals surface area contributed by atoms with E-state index in [0.717, 1.165) is 77.5 Å². The van der Waals surface area contributed by atoms with Crippen molar-refractivity contribution in [3.8, 4) is 79.5 Å². The van der Waals surface area contributed by atoms with Crippen molar-refractivity contribution < 1.29 is 4.42 Å². The number of furan rings is 1. The van der Waals surface area contributed by atoms with Crippen molar-refractivity contribution in [3.05, 3.63) is 253 Å². The molecule has 0 aliphatic heterocycles. The highest BCUT2D eigenvalue weighted by Gasteiger charge is 2.44. The maximum atomic E-state index is 7.54. The van der Waals surface area contributed by atoms with Gasteiger partial charge in [0.2, 0.25) is 0 Å². The molecule has 7 nitrogen and oxygen atoms in total. The predicted molar refractivity (Wildman–Crippen MR) is 270 cm³/mol. The molecule has 13 rings (SSSR count). The maximum Gasteiger partial charge on any atom is 0.167 e. The third-order valence-corrected chi connectivity index (χ3v) is 13.1. The van der Waals surface area contributed by atoms with Crippen LogP contribution in [-0.2, 0) is 5.41 Å². The summed E-state index contributed by atoms with van der Waals surface area (Å²) in [6, 6.07) is 79.4. The fourth-order valence-electron chi connectivity index (χ4n) is 10.1. The molecule has 0 bridgehead atoms. The highest BCUT2D eigenvalue weighted by atomic mass is 16.3. The van der Waals surface area contributed by atoms with Crippen LogP contribution < -0.4 is 0 Å². The molecule has 0 spiro atoms. The summed E-state index contributed by atoms with van der Waals surface area (Å²) >= 11 is 0. The second-order valence-corrected chi connectivity index (χ2v) is 16.9. The Balaban J connectivity index is 1.19. The molecule has 0 N–H and O–H groups in total. The smallest absolute Gasteiger partial charge is 0.167 e. The summed E-state index contributed by atoms with van der Waals surface area (Å²) in [4.78, 5) is 31.1. The van der Waals surface area contributed by atoms with Crippen LogP contribution in [0.4, 0.5) is 0 Å². The molecule has 0 amide bonds. The zero-order valence-electron chi connectivity index (χ0n) is 36.5. The first-order valence-corrected chi connectivity index (χ1v) is 22.7. The van der Waals surface area contributed by atoms with Gasteiger partial charge in [0.25, 0.3) is 0 Å². The lowest BCUT2D eigenvalue weighted by atomic mass is 9.63. The molecule has 3 aromatic heterocycles. The molecule has 318 valence electrons. The molecule has 0 saturated heterocycles. The number of fused-ring (bicyclic) bond motifs is 2. The van der Waals surface area contributed by atoms with Gasteiger partial charge in [0.05, 0.1) is 16.5 Å². The van der Waals surface area contributed by atoms with E-state index in [1.165, 1.54) is 0 Å². The molecule has 12 aromatic rings. The summed E-state index contributed by atoms with van der Waals surface area (Å²) in [6.07, 6.45) is 0. The standard InChI is InChI=1S/C61H38N6O/c1-7-21-39(22-8-1)55-62-56(40-23-9-2-10-24-40)65-59(64-55)47-36-35-46-45-33-19-20-34-49(45)61(43-29-15-5-16-30-43,44-31-17-6-18-32-44)50-38-37-48(54-52(50)51(46)53(47)68-54)60-66-57(41-25-11-3-12-26-41)63-58(67-60)42-27-13-4-14-28-42/h1-38H. The monoisotopic (exact) mass is 870 g/mol. The fraction of sp³-hybridized carbons (Fsp3) is 0.0164. The van der Waals surface area contributed by atoms with Gasteiger partial charge >= 0.3 is 0 Å². The molecule has 0 atom stereocenters. The Labute approximate surface area is 392 Å². The predicted octanol–water partition coefficient (Wildman–Crippen LogP) is 14.3. The van der Waals surface area contributed by atoms with Gasteiger partial charge < -0.3 is 4.42 Å². The quantitative estimate of drug-likeness (QED) is 0.150. The van der Waals surface area contributed by atoms with E-state index in [4.69, 9.17) is 34.3 Å². The first-order chi connectivity index (χ1) is 33.7. The molecular formula is C61H38N6O. The van der Waals surface area contributed by atoms with E-state index in [1.807, 2.05) is 121 Å². The minimum absolute atomic E-state index is 0.496. The van der Waals surface area contributed by atoms with Crippen molar-refractivity contribution in [2.75, 3.05) is 0 Å². The van der Waals surface area contributed by atoms with Crippen LogP contribution in [0.5, 0.6) is 0 Å². The van der Waals surface area contributed by atoms with E-state index in [2.05, 4.69) is 109 Å². The molecule has 0 unspecified atom stereocenters. The zero-order valence-corrected chi connectivity index (χ0v) is 36.5. The lowest BCUT2D eigenvalue weighted by Gasteiger charge is -2.37. The van der Waals surface area contributed by atoms with Crippen LogP contribution in [0, 0.1) is 0 Å². The van der Waals surface area contributed by atoms with Gasteiger partial charge in [-0.3, -0.25) is 0 Å². The lowest BCUT2D eigenvalue weighted by Crippen LogP contribution is -2.31. The van der Waals surface area contributed by atoms with Crippen molar-refractivity contribution in [2.45, 2.75) is 5.41 Å². The Morgan fingerprint density at radius 1 is 0.250 bits per heavy atom. The van der Waals surface area contributed by atoms with Crippen molar-refractivity contribution in [1.29, 1.82) is 0 Å². The molecule has 7 heteroatoms. The van der Waals surface area contributed by atoms with Gasteiger partial charge in [-0.15, -0.1) is 0 Å². The SMILES string of the molecule is c1ccc(-c2nc(-c3ccccc3)nc(-c3ccc4c5c3oc3c(-c6nc(-c7ccccc7)nc(-c7ccccc7)n6)ccc(c35)C(c3ccccc3)(c3ccccc3)c3ccccc3-4)n2)cc1. The maximum absolute atomic E-state index is 7.54. The Kier molecular flexibility index (Phi) is 9.25. The Morgan fingerprint density at radius 2 is 0.588 bits per heavy atom. The summed E-state index contributed by atoms with van der Waals surface area (Å²) in [5, 5.41) is 1.92. The molecule has 0 fully saturated rings. The molecule has 1 aliphatic carbocycles. The van der Waals surface area contributed by atoms with Crippen molar-refractivity contribution in [2.24, 2.45) is 0 Å². The minimum atomic E-state index is -0.788. The lowest BCUT2D eigenvalue weighted by molar-refractivity contribution is 0.668. The Bertz CT molecular complexity index is 3670. The molecule has 3 heterocycles. The summed E-state index contributed by atoms with van der Waals surface area (Å²) in [7, 11) is 0. The largest absolute Gasteiger partial charge is 0.454 e. The third-order valence-electron chi connectivity index (χ3n) is 13.1. The molecule has 0 saturated carbocycles. The van der Waals surface area contributed by atoms with Gasteiger partial charge in [-0.2, -0.15) is 0 Å². The summed E-state index contributed by atoms with van der Waals surface area (Å²) in [5.41, 5.74) is 12.2. The summed E-state index contributed by atoms with van der Waals surface area (Å²) < 4.78 is 7.54. The van der Waals surface area contributed by atoms with Gasteiger partial charge in [-0.25, -0.2) is 29.9 Å². The molecule has 9 aromatic carbocycles. The molecule has 1 aliphatic rings. The van der Waals surface area contributed by atoms with E-state index in [1.54, 1.807) is 0 Å². The molecule has 68 heavy (non-hydrogen) atoms. The van der Waals surface area contributed by atoms with E-state index < -0.39 is 5.41 Å². The van der Waals surface area contributed by atoms with Gasteiger partial charge in [0.15, 0.2) is 34.9 Å². The van der Waals surface area contributed by atoms with Crippen LogP contribution in [0.25, 0.3) is 101 Å². The first-order valence-electron chi connectivity index (χ1n) is 22.7. The van der Waals surface area contributed by atoms with Crippen molar-refractivity contribution >= 4 is 21.9 Å². The summed E-state index contributed by atoms with van der Waals surface area (Å²) in [6.45, 7) is 0. The van der Waals surface area contributed by atoms with Gasteiger partial charge in [-0.05, 0) is 45.5 Å². The van der Waals surface area contributed by atoms with Crippen LogP contribution in [0.1, 0.15) is 22.3 Å². The zero-order chi connectivity index (χ0) is 45.0. The number of rotatable bonds is 8. The number of benzene rings is 9. The van der Waals surface area contributed by atoms with Gasteiger partial charge in [0.1, 0.15) is 11.2 Å². The van der Waals surface area contributed by atoms with E-state index >= 15 is 0 Å². The Morgan fingerprint density at radius 3 is 1.03 bits per heavy atom. The minimum Gasteiger partial charge on any atom is -0.454 e. The topological polar surface area (TPSA) is 90.5 Å². The fourth-order valence-corrected chi connectivity index (χ4v) is 10.1. The normalized spacial score (nSPS) is 12.5. The van der Waals surface area contributed by atoms with Crippen molar-refractivity contribution in [1.82, 2.24) is 29.9 Å². The van der Waals surface area contributed by atoms with Crippen LogP contribution >= 0.6 is 0 Å². The molecular weight excluding hydrogens is 833 g/mol. The summed E-state index contributed by atoms with van der Waals surface area (Å²) in [5.74, 6) is 3.26. The highest BCUT2D eigenvalue weighted by Crippen LogP contribution is 2.57. The van der Waals surface area contributed by atoms with E-state index in [9.17, 15) is 0 Å². The van der Waals surface area contributed by atoms with Crippen LogP contribution in [0.2, 0.25) is 0 Å². The average Bonchev–Trinajstić information content (AvgIpc) is 3.79. The second-order valence-electron chi connectivity index (χ2n) is 16.9. The van der Waals surface area contributed by atoms with Crippen LogP contribution in [0.15, 0.2) is 235 Å². The molecule has 0 radical (unpaired) electrons. The average molecular weight is 871 g/mol. The number of hydrogen-bond donors (Lipinski definition) is 0. The number of nitrogens with zero attached hydrogens (tertiary/aromatic N) is 6. The second kappa shape index (κ2) is 16.0. The van der Waals surface area contributed by atoms with Gasteiger partial charge in [-0.1, -0.05) is 218 Å². The van der Waals surface area contributed by atoms with E-state index in [0.29, 0.717) is 46.1 Å². The number of aromatic nitrogens is 6. The third kappa shape index (κ3) is 6.28. The van der Waals surface area contributed by atoms with Gasteiger partial charge in [0, 0.05) is 33.0 Å². The van der Waals surface area contributed by atoms with E-state index in [-0.39, 0.29) is 0 Å². The highest BCUT2D eigenvalue weighted by molar-refractivity contribution is 6.21.